The van der Waals surface area contributed by atoms with Gasteiger partial charge in [0.25, 0.3) is 0 Å². The van der Waals surface area contributed by atoms with Crippen molar-refractivity contribution in [3.05, 3.63) is 48.3 Å². The molecule has 2 aromatic rings. The molecule has 0 aliphatic rings. The molecule has 0 N–H and O–H groups in total. The molecular formula is C14H20O4Sn. The molecule has 19 heavy (non-hydrogen) atoms. The van der Waals surface area contributed by atoms with E-state index >= 15 is 0 Å². The first-order valence-corrected chi connectivity index (χ1v) is 13.0. The van der Waals surface area contributed by atoms with E-state index in [1.807, 2.05) is 24.3 Å². The molecule has 0 spiro atoms. The van der Waals surface area contributed by atoms with Gasteiger partial charge in [-0.1, -0.05) is 0 Å². The Kier molecular flexibility index (Phi) is 5.54. The fourth-order valence-electron chi connectivity index (χ4n) is 1.89. The monoisotopic (exact) mass is 372 g/mol. The number of rotatable bonds is 8. The topological polar surface area (TPSA) is 44.7 Å². The summed E-state index contributed by atoms with van der Waals surface area (Å²) in [4.78, 5) is 0. The number of furan rings is 2. The fraction of sp³-hybridized carbons (Fsp3) is 0.429. The second-order valence-electron chi connectivity index (χ2n) is 4.35. The van der Waals surface area contributed by atoms with Crippen molar-refractivity contribution >= 4 is 19.2 Å². The molecule has 5 heteroatoms. The van der Waals surface area contributed by atoms with E-state index in [1.165, 1.54) is 0 Å². The summed E-state index contributed by atoms with van der Waals surface area (Å²) in [6.07, 6.45) is 3.33. The average molecular weight is 371 g/mol. The van der Waals surface area contributed by atoms with Gasteiger partial charge in [-0.15, -0.1) is 0 Å². The van der Waals surface area contributed by atoms with E-state index in [2.05, 4.69) is 13.8 Å². The summed E-state index contributed by atoms with van der Waals surface area (Å²) in [5, 5.41) is 0. The van der Waals surface area contributed by atoms with Gasteiger partial charge in [-0.25, -0.2) is 0 Å². The Morgan fingerprint density at radius 1 is 0.895 bits per heavy atom. The molecule has 0 atom stereocenters. The van der Waals surface area contributed by atoms with Gasteiger partial charge in [0.1, 0.15) is 0 Å². The summed E-state index contributed by atoms with van der Waals surface area (Å²) >= 11 is -2.98. The van der Waals surface area contributed by atoms with E-state index in [0.29, 0.717) is 13.2 Å². The molecular weight excluding hydrogens is 351 g/mol. The van der Waals surface area contributed by atoms with Crippen LogP contribution in [0.1, 0.15) is 25.4 Å². The van der Waals surface area contributed by atoms with Crippen molar-refractivity contribution in [2.75, 3.05) is 0 Å². The van der Waals surface area contributed by atoms with Crippen LogP contribution in [-0.2, 0) is 19.4 Å². The van der Waals surface area contributed by atoms with Crippen LogP contribution in [0.2, 0.25) is 8.87 Å². The molecule has 0 unspecified atom stereocenters. The third kappa shape index (κ3) is 4.12. The average Bonchev–Trinajstić information content (AvgIpc) is 3.13. The molecule has 0 aromatic carbocycles. The van der Waals surface area contributed by atoms with Gasteiger partial charge in [-0.2, -0.15) is 0 Å². The Balaban J connectivity index is 1.92. The van der Waals surface area contributed by atoms with E-state index in [1.54, 1.807) is 12.5 Å². The Morgan fingerprint density at radius 3 is 1.68 bits per heavy atom. The van der Waals surface area contributed by atoms with Gasteiger partial charge in [-0.05, 0) is 0 Å². The second-order valence-corrected chi connectivity index (χ2v) is 15.2. The zero-order valence-corrected chi connectivity index (χ0v) is 14.3. The van der Waals surface area contributed by atoms with Gasteiger partial charge in [0, 0.05) is 0 Å². The van der Waals surface area contributed by atoms with Gasteiger partial charge >= 0.3 is 118 Å². The summed E-state index contributed by atoms with van der Waals surface area (Å²) in [5.41, 5.74) is 0. The molecule has 2 aromatic heterocycles. The third-order valence-corrected chi connectivity index (χ3v) is 13.2. The van der Waals surface area contributed by atoms with Crippen molar-refractivity contribution in [3.63, 3.8) is 0 Å². The van der Waals surface area contributed by atoms with Gasteiger partial charge in [0.05, 0.1) is 0 Å². The zero-order valence-electron chi connectivity index (χ0n) is 11.4. The zero-order chi connectivity index (χ0) is 13.6. The standard InChI is InChI=1S/2C5H5O2.2C2H5.Sn/c2*6-4-5-2-1-3-7-5;2*1-2;/h2*1-3H,4H2;2*1H2,2H3;/q2*-1;;;+2. The molecule has 0 saturated carbocycles. The van der Waals surface area contributed by atoms with E-state index in [0.717, 1.165) is 20.4 Å². The van der Waals surface area contributed by atoms with Crippen LogP contribution in [0.4, 0.5) is 0 Å². The number of hydrogen-bond acceptors (Lipinski definition) is 4. The van der Waals surface area contributed by atoms with Crippen LogP contribution in [0.5, 0.6) is 0 Å². The van der Waals surface area contributed by atoms with Crippen molar-refractivity contribution in [3.8, 4) is 0 Å². The van der Waals surface area contributed by atoms with Crippen molar-refractivity contribution in [1.29, 1.82) is 0 Å². The quantitative estimate of drug-likeness (QED) is 0.656. The minimum absolute atomic E-state index is 0.503. The SMILES string of the molecule is C[CH2][Sn]([CH2]C)([O]Cc1ccco1)[O]Cc1ccco1. The molecule has 0 amide bonds. The van der Waals surface area contributed by atoms with Crippen LogP contribution in [-0.4, -0.2) is 19.2 Å². The Bertz CT molecular complexity index is 406. The molecule has 0 bridgehead atoms. The van der Waals surface area contributed by atoms with E-state index in [-0.39, 0.29) is 0 Å². The first-order valence-electron chi connectivity index (χ1n) is 6.60. The Labute approximate surface area is 118 Å². The van der Waals surface area contributed by atoms with Gasteiger partial charge in [0.15, 0.2) is 0 Å². The van der Waals surface area contributed by atoms with Gasteiger partial charge in [-0.3, -0.25) is 0 Å². The normalized spacial score (nSPS) is 11.9. The molecule has 4 nitrogen and oxygen atoms in total. The first-order chi connectivity index (χ1) is 9.28. The summed E-state index contributed by atoms with van der Waals surface area (Å²) in [6.45, 7) is 5.29. The fourth-order valence-corrected chi connectivity index (χ4v) is 8.20. The second kappa shape index (κ2) is 7.17. The molecule has 0 aliphatic carbocycles. The summed E-state index contributed by atoms with van der Waals surface area (Å²) in [7, 11) is 0. The van der Waals surface area contributed by atoms with Crippen molar-refractivity contribution in [2.45, 2.75) is 35.9 Å². The van der Waals surface area contributed by atoms with Crippen LogP contribution in [0.15, 0.2) is 45.6 Å². The van der Waals surface area contributed by atoms with Crippen molar-refractivity contribution in [2.24, 2.45) is 0 Å². The molecule has 104 valence electrons. The van der Waals surface area contributed by atoms with Crippen LogP contribution in [0.3, 0.4) is 0 Å². The van der Waals surface area contributed by atoms with Gasteiger partial charge in [0.2, 0.25) is 0 Å². The van der Waals surface area contributed by atoms with Crippen LogP contribution >= 0.6 is 0 Å². The summed E-state index contributed by atoms with van der Waals surface area (Å²) < 4.78 is 24.8. The minimum atomic E-state index is -2.98. The molecule has 2 rings (SSSR count). The third-order valence-electron chi connectivity index (χ3n) is 3.19. The van der Waals surface area contributed by atoms with Crippen LogP contribution in [0, 0.1) is 0 Å². The van der Waals surface area contributed by atoms with Crippen LogP contribution in [0.25, 0.3) is 0 Å². The Morgan fingerprint density at radius 2 is 1.37 bits per heavy atom. The first kappa shape index (κ1) is 14.7. The predicted molar refractivity (Wildman–Crippen MR) is 73.7 cm³/mol. The predicted octanol–water partition coefficient (Wildman–Crippen LogP) is 4.09. The van der Waals surface area contributed by atoms with Gasteiger partial charge < -0.3 is 0 Å². The van der Waals surface area contributed by atoms with Crippen molar-refractivity contribution in [1.82, 2.24) is 0 Å². The summed E-state index contributed by atoms with van der Waals surface area (Å²) in [6, 6.07) is 7.60. The van der Waals surface area contributed by atoms with E-state index in [4.69, 9.17) is 15.0 Å². The molecule has 0 radical (unpaired) electrons. The maximum atomic E-state index is 6.12. The Hall–Kier alpha value is -0.721. The maximum absolute atomic E-state index is 6.12. The van der Waals surface area contributed by atoms with Crippen molar-refractivity contribution < 1.29 is 15.0 Å². The summed E-state index contributed by atoms with van der Waals surface area (Å²) in [5.74, 6) is 1.70. The van der Waals surface area contributed by atoms with E-state index < -0.39 is 19.2 Å². The number of hydrogen-bond donors (Lipinski definition) is 0. The van der Waals surface area contributed by atoms with Crippen LogP contribution < -0.4 is 0 Å². The molecule has 2 heterocycles. The van der Waals surface area contributed by atoms with E-state index in [9.17, 15) is 0 Å². The molecule has 0 saturated heterocycles. The molecule has 0 fully saturated rings. The molecule has 0 aliphatic heterocycles.